The van der Waals surface area contributed by atoms with Crippen LogP contribution in [0.5, 0.6) is 5.75 Å². The number of hydrogen-bond acceptors (Lipinski definition) is 6. The SMILES string of the molecule is NN1CC=Cc2ccc(OC(C(=O)Nc3ccc(-c4ccccc4S(N)(=O)=O)cc3)c3ccccc3)cc21. The van der Waals surface area contributed by atoms with Crippen LogP contribution in [-0.2, 0) is 14.8 Å². The normalized spacial score (nSPS) is 13.5. The second kappa shape index (κ2) is 10.5. The Morgan fingerprint density at radius 1 is 0.921 bits per heavy atom. The first-order chi connectivity index (χ1) is 18.3. The highest BCUT2D eigenvalue weighted by molar-refractivity contribution is 7.89. The second-order valence-corrected chi connectivity index (χ2v) is 10.3. The Morgan fingerprint density at radius 3 is 2.37 bits per heavy atom. The molecule has 1 aliphatic rings. The average molecular weight is 527 g/mol. The molecule has 9 heteroatoms. The monoisotopic (exact) mass is 526 g/mol. The number of hydrogen-bond donors (Lipinski definition) is 3. The molecule has 0 saturated heterocycles. The Hall–Kier alpha value is -4.44. The molecule has 1 atom stereocenters. The summed E-state index contributed by atoms with van der Waals surface area (Å²) in [5.41, 5.74) is 4.13. The zero-order valence-electron chi connectivity index (χ0n) is 20.3. The number of nitrogens with zero attached hydrogens (tertiary/aromatic N) is 1. The summed E-state index contributed by atoms with van der Waals surface area (Å²) in [6.45, 7) is 0.580. The quantitative estimate of drug-likeness (QED) is 0.305. The number of ether oxygens (including phenoxy) is 1. The van der Waals surface area contributed by atoms with Crippen LogP contribution in [0.2, 0.25) is 0 Å². The number of nitrogens with two attached hydrogens (primary N) is 2. The molecule has 4 aromatic carbocycles. The van der Waals surface area contributed by atoms with Gasteiger partial charge in [0, 0.05) is 22.9 Å². The number of amides is 1. The lowest BCUT2D eigenvalue weighted by molar-refractivity contribution is -0.123. The molecule has 4 aromatic rings. The third kappa shape index (κ3) is 5.45. The number of hydrazine groups is 1. The summed E-state index contributed by atoms with van der Waals surface area (Å²) in [4.78, 5) is 13.5. The second-order valence-electron chi connectivity index (χ2n) is 8.79. The van der Waals surface area contributed by atoms with Gasteiger partial charge in [0.25, 0.3) is 5.91 Å². The first-order valence-electron chi connectivity index (χ1n) is 11.9. The summed E-state index contributed by atoms with van der Waals surface area (Å²) < 4.78 is 30.2. The van der Waals surface area contributed by atoms with Crippen molar-refractivity contribution in [1.82, 2.24) is 0 Å². The molecule has 192 valence electrons. The average Bonchev–Trinajstić information content (AvgIpc) is 2.92. The molecule has 1 aliphatic heterocycles. The highest BCUT2D eigenvalue weighted by Crippen LogP contribution is 2.32. The van der Waals surface area contributed by atoms with E-state index < -0.39 is 16.1 Å². The molecule has 1 heterocycles. The van der Waals surface area contributed by atoms with E-state index >= 15 is 0 Å². The summed E-state index contributed by atoms with van der Waals surface area (Å²) in [6, 6.07) is 28.1. The van der Waals surface area contributed by atoms with E-state index in [2.05, 4.69) is 5.32 Å². The first-order valence-corrected chi connectivity index (χ1v) is 13.4. The van der Waals surface area contributed by atoms with E-state index in [0.717, 1.165) is 11.3 Å². The minimum atomic E-state index is -3.89. The van der Waals surface area contributed by atoms with Gasteiger partial charge < -0.3 is 15.1 Å². The van der Waals surface area contributed by atoms with Crippen LogP contribution in [0.15, 0.2) is 108 Å². The minimum absolute atomic E-state index is 0.0333. The molecule has 1 unspecified atom stereocenters. The number of carbonyl (C=O) groups excluding carboxylic acids is 1. The van der Waals surface area contributed by atoms with Gasteiger partial charge in [0.05, 0.1) is 17.1 Å². The lowest BCUT2D eigenvalue weighted by Crippen LogP contribution is -2.33. The molecule has 0 bridgehead atoms. The van der Waals surface area contributed by atoms with Gasteiger partial charge in [0.2, 0.25) is 16.1 Å². The molecule has 0 saturated carbocycles. The van der Waals surface area contributed by atoms with E-state index in [1.54, 1.807) is 47.5 Å². The van der Waals surface area contributed by atoms with E-state index in [9.17, 15) is 13.2 Å². The number of benzene rings is 4. The van der Waals surface area contributed by atoms with Gasteiger partial charge in [-0.05, 0) is 41.5 Å². The maximum absolute atomic E-state index is 13.4. The van der Waals surface area contributed by atoms with Crippen molar-refractivity contribution in [1.29, 1.82) is 0 Å². The van der Waals surface area contributed by atoms with E-state index in [1.165, 1.54) is 6.07 Å². The Morgan fingerprint density at radius 2 is 1.63 bits per heavy atom. The smallest absolute Gasteiger partial charge is 0.270 e. The summed E-state index contributed by atoms with van der Waals surface area (Å²) in [5.74, 6) is 6.26. The number of fused-ring (bicyclic) bond motifs is 1. The molecule has 5 N–H and O–H groups in total. The van der Waals surface area contributed by atoms with Crippen LogP contribution in [0.4, 0.5) is 11.4 Å². The molecular formula is C29H26N4O4S. The minimum Gasteiger partial charge on any atom is -0.476 e. The lowest BCUT2D eigenvalue weighted by Gasteiger charge is -2.25. The third-order valence-corrected chi connectivity index (χ3v) is 7.13. The number of rotatable bonds is 7. The first kappa shape index (κ1) is 25.2. The summed E-state index contributed by atoms with van der Waals surface area (Å²) >= 11 is 0. The van der Waals surface area contributed by atoms with Crippen molar-refractivity contribution in [3.05, 3.63) is 114 Å². The molecule has 38 heavy (non-hydrogen) atoms. The molecule has 0 aliphatic carbocycles. The van der Waals surface area contributed by atoms with Gasteiger partial charge in [0.1, 0.15) is 5.75 Å². The zero-order chi connectivity index (χ0) is 26.7. The lowest BCUT2D eigenvalue weighted by atomic mass is 10.0. The van der Waals surface area contributed by atoms with Gasteiger partial charge in [-0.25, -0.2) is 19.4 Å². The summed E-state index contributed by atoms with van der Waals surface area (Å²) in [7, 11) is -3.89. The molecule has 0 fully saturated rings. The molecular weight excluding hydrogens is 500 g/mol. The summed E-state index contributed by atoms with van der Waals surface area (Å²) in [6.07, 6.45) is 3.04. The molecule has 0 aromatic heterocycles. The fourth-order valence-electron chi connectivity index (χ4n) is 4.31. The Bertz CT molecular complexity index is 1600. The molecule has 1 amide bonds. The van der Waals surface area contributed by atoms with Gasteiger partial charge in [-0.15, -0.1) is 0 Å². The van der Waals surface area contributed by atoms with Gasteiger partial charge in [-0.1, -0.05) is 72.8 Å². The predicted octanol–water partition coefficient (Wildman–Crippen LogP) is 4.47. The number of anilines is 2. The topological polar surface area (TPSA) is 128 Å². The Labute approximate surface area is 221 Å². The predicted molar refractivity (Wildman–Crippen MR) is 149 cm³/mol. The Balaban J connectivity index is 1.39. The van der Waals surface area contributed by atoms with Crippen molar-refractivity contribution in [2.45, 2.75) is 11.0 Å². The van der Waals surface area contributed by atoms with Crippen molar-refractivity contribution < 1.29 is 17.9 Å². The number of sulfonamides is 1. The number of primary sulfonamides is 1. The molecule has 0 spiro atoms. The van der Waals surface area contributed by atoms with E-state index in [-0.39, 0.29) is 10.8 Å². The maximum atomic E-state index is 13.4. The highest BCUT2D eigenvalue weighted by atomic mass is 32.2. The summed E-state index contributed by atoms with van der Waals surface area (Å²) in [5, 5.41) is 9.90. The van der Waals surface area contributed by atoms with E-state index in [1.807, 2.05) is 60.7 Å². The van der Waals surface area contributed by atoms with E-state index in [4.69, 9.17) is 15.7 Å². The van der Waals surface area contributed by atoms with Crippen molar-refractivity contribution in [2.24, 2.45) is 11.0 Å². The standard InChI is InChI=1S/C29H26N4O4S/c30-33-18-6-9-21-14-17-24(19-26(21)33)37-28(22-7-2-1-3-8-22)29(34)32-23-15-12-20(13-16-23)25-10-4-5-11-27(25)38(31,35)36/h1-17,19,28H,18,30H2,(H,32,34)(H2,31,35,36). The maximum Gasteiger partial charge on any atom is 0.270 e. The van der Waals surface area contributed by atoms with Crippen molar-refractivity contribution in [3.63, 3.8) is 0 Å². The molecule has 5 rings (SSSR count). The number of nitrogens with one attached hydrogen (secondary N) is 1. The number of carbonyl (C=O) groups is 1. The van der Waals surface area contributed by atoms with Crippen LogP contribution >= 0.6 is 0 Å². The van der Waals surface area contributed by atoms with Crippen LogP contribution in [0.25, 0.3) is 17.2 Å². The zero-order valence-corrected chi connectivity index (χ0v) is 21.1. The fourth-order valence-corrected chi connectivity index (χ4v) is 5.07. The van der Waals surface area contributed by atoms with Crippen LogP contribution in [0.3, 0.4) is 0 Å². The largest absolute Gasteiger partial charge is 0.476 e. The Kier molecular flexibility index (Phi) is 6.97. The molecule has 0 radical (unpaired) electrons. The highest BCUT2D eigenvalue weighted by Gasteiger charge is 2.24. The van der Waals surface area contributed by atoms with Gasteiger partial charge in [-0.3, -0.25) is 4.79 Å². The van der Waals surface area contributed by atoms with Crippen molar-refractivity contribution in [3.8, 4) is 16.9 Å². The van der Waals surface area contributed by atoms with Crippen molar-refractivity contribution in [2.75, 3.05) is 16.9 Å². The van der Waals surface area contributed by atoms with Crippen LogP contribution in [0, 0.1) is 0 Å². The fraction of sp³-hybridized carbons (Fsp3) is 0.0690. The van der Waals surface area contributed by atoms with Crippen molar-refractivity contribution >= 4 is 33.4 Å². The van der Waals surface area contributed by atoms with Gasteiger partial charge in [-0.2, -0.15) is 0 Å². The van der Waals surface area contributed by atoms with Crippen LogP contribution in [-0.4, -0.2) is 20.9 Å². The van der Waals surface area contributed by atoms with E-state index in [0.29, 0.717) is 34.7 Å². The van der Waals surface area contributed by atoms with Gasteiger partial charge >= 0.3 is 0 Å². The van der Waals surface area contributed by atoms with Crippen LogP contribution in [0.1, 0.15) is 17.2 Å². The third-order valence-electron chi connectivity index (χ3n) is 6.16. The van der Waals surface area contributed by atoms with Gasteiger partial charge in [0.15, 0.2) is 0 Å². The van der Waals surface area contributed by atoms with Crippen LogP contribution < -0.4 is 26.0 Å². The molecule has 8 nitrogen and oxygen atoms in total.